The van der Waals surface area contributed by atoms with Gasteiger partial charge in [-0.1, -0.05) is 62.4 Å². The smallest absolute Gasteiger partial charge is 0.273 e. The van der Waals surface area contributed by atoms with Gasteiger partial charge in [0.2, 0.25) is 11.8 Å². The Bertz CT molecular complexity index is 1750. The molecule has 2 aliphatic rings. The Labute approximate surface area is 292 Å². The molecule has 2 aliphatic heterocycles. The first-order valence-electron chi connectivity index (χ1n) is 17.4. The molecule has 6 rings (SSSR count). The average Bonchev–Trinajstić information content (AvgIpc) is 3.86. The number of amides is 4. The quantitative estimate of drug-likeness (QED) is 0.192. The van der Waals surface area contributed by atoms with Gasteiger partial charge in [-0.3, -0.25) is 29.1 Å². The third kappa shape index (κ3) is 7.64. The number of likely N-dealkylation sites (tertiary alicyclic amines) is 2. The molecule has 0 aliphatic carbocycles. The highest BCUT2D eigenvalue weighted by atomic mass is 16.2. The van der Waals surface area contributed by atoms with Gasteiger partial charge in [-0.2, -0.15) is 0 Å². The van der Waals surface area contributed by atoms with Crippen LogP contribution in [-0.2, 0) is 22.4 Å². The minimum atomic E-state index is -0.540. The van der Waals surface area contributed by atoms with Crippen LogP contribution in [0, 0.1) is 0 Å². The van der Waals surface area contributed by atoms with E-state index in [-0.39, 0.29) is 23.6 Å². The maximum Gasteiger partial charge on any atom is 0.273 e. The fourth-order valence-corrected chi connectivity index (χ4v) is 6.67. The molecule has 4 amide bonds. The van der Waals surface area contributed by atoms with Crippen LogP contribution in [0.1, 0.15) is 82.8 Å². The molecule has 0 unspecified atom stereocenters. The first-order valence-corrected chi connectivity index (χ1v) is 17.4. The van der Waals surface area contributed by atoms with Gasteiger partial charge in [0.15, 0.2) is 0 Å². The molecule has 256 valence electrons. The number of carbonyl (C=O) groups is 4. The van der Waals surface area contributed by atoms with Crippen molar-refractivity contribution in [3.8, 4) is 0 Å². The van der Waals surface area contributed by atoms with Crippen molar-refractivity contribution >= 4 is 47.2 Å². The topological polar surface area (TPSA) is 125 Å². The summed E-state index contributed by atoms with van der Waals surface area (Å²) in [5.74, 6) is -0.803. The third-order valence-electron chi connectivity index (χ3n) is 9.41. The van der Waals surface area contributed by atoms with Gasteiger partial charge < -0.3 is 20.4 Å². The number of anilines is 2. The predicted molar refractivity (Wildman–Crippen MR) is 194 cm³/mol. The monoisotopic (exact) mass is 670 g/mol. The van der Waals surface area contributed by atoms with Crippen molar-refractivity contribution in [3.05, 3.63) is 119 Å². The number of rotatable bonds is 10. The highest BCUT2D eigenvalue weighted by molar-refractivity contribution is 6.02. The number of nitrogens with one attached hydrogen (secondary N) is 2. The van der Waals surface area contributed by atoms with E-state index >= 15 is 0 Å². The fraction of sp³-hybridized carbons (Fsp3) is 0.300. The summed E-state index contributed by atoms with van der Waals surface area (Å²) >= 11 is 0. The van der Waals surface area contributed by atoms with E-state index in [1.54, 1.807) is 22.2 Å². The summed E-state index contributed by atoms with van der Waals surface area (Å²) in [4.78, 5) is 64.9. The number of nitrogens with zero attached hydrogens (tertiary/aromatic N) is 4. The lowest BCUT2D eigenvalue weighted by atomic mass is 10.1. The second-order valence-corrected chi connectivity index (χ2v) is 12.6. The molecule has 0 radical (unpaired) electrons. The van der Waals surface area contributed by atoms with E-state index in [4.69, 9.17) is 0 Å². The van der Waals surface area contributed by atoms with Crippen LogP contribution in [0.4, 0.5) is 11.4 Å². The Kier molecular flexibility index (Phi) is 10.8. The number of aromatic nitrogens is 2. The van der Waals surface area contributed by atoms with Crippen LogP contribution in [0.25, 0.3) is 12.2 Å². The van der Waals surface area contributed by atoms with Gasteiger partial charge in [0.05, 0.1) is 0 Å². The van der Waals surface area contributed by atoms with Crippen molar-refractivity contribution in [2.45, 2.75) is 64.5 Å². The van der Waals surface area contributed by atoms with Gasteiger partial charge in [-0.15, -0.1) is 0 Å². The molecular formula is C40H42N6O4. The first-order chi connectivity index (χ1) is 24.4. The van der Waals surface area contributed by atoms with Crippen molar-refractivity contribution in [1.29, 1.82) is 0 Å². The van der Waals surface area contributed by atoms with Crippen molar-refractivity contribution in [1.82, 2.24) is 19.8 Å². The number of hydrogen-bond donors (Lipinski definition) is 2. The molecule has 4 heterocycles. The molecule has 50 heavy (non-hydrogen) atoms. The van der Waals surface area contributed by atoms with Crippen LogP contribution in [-0.4, -0.2) is 68.6 Å². The Morgan fingerprint density at radius 3 is 1.42 bits per heavy atom. The molecule has 2 fully saturated rings. The third-order valence-corrected chi connectivity index (χ3v) is 9.41. The van der Waals surface area contributed by atoms with E-state index in [1.165, 1.54) is 0 Å². The van der Waals surface area contributed by atoms with Crippen LogP contribution >= 0.6 is 0 Å². The second kappa shape index (κ2) is 15.7. The fourth-order valence-electron chi connectivity index (χ4n) is 6.67. The molecule has 0 bridgehead atoms. The molecular weight excluding hydrogens is 628 g/mol. The standard InChI is InChI=1S/C40H42N6O4/c1-3-29-9-5-23-41-35(29)39(49)45-25-7-11-33(45)37(47)43-31-19-15-27(16-20-31)13-14-28-17-21-32(22-18-28)44-38(48)34-12-8-26-46(34)40(50)36-30(4-2)10-6-24-42-36/h5-6,9-10,13-24,33-34H,3-4,7-8,11-12,25-26H2,1-2H3,(H,43,47)(H,44,48)/b14-13+/t33-,34-/m0/s1. The molecule has 0 saturated carbocycles. The van der Waals surface area contributed by atoms with Crippen molar-refractivity contribution in [2.75, 3.05) is 23.7 Å². The van der Waals surface area contributed by atoms with Crippen molar-refractivity contribution in [3.63, 3.8) is 0 Å². The van der Waals surface area contributed by atoms with Crippen molar-refractivity contribution in [2.24, 2.45) is 0 Å². The number of hydrogen-bond acceptors (Lipinski definition) is 6. The van der Waals surface area contributed by atoms with Crippen LogP contribution in [0.3, 0.4) is 0 Å². The Morgan fingerprint density at radius 2 is 1.04 bits per heavy atom. The SMILES string of the molecule is CCc1cccnc1C(=O)N1CCC[C@H]1C(=O)Nc1ccc(/C=C/c2ccc(NC(=O)[C@@H]3CCCN3C(=O)c3ncccc3CC)cc2)cc1. The van der Waals surface area contributed by atoms with Gasteiger partial charge in [0.1, 0.15) is 23.5 Å². The van der Waals surface area contributed by atoms with E-state index in [2.05, 4.69) is 20.6 Å². The maximum atomic E-state index is 13.3. The lowest BCUT2D eigenvalue weighted by Crippen LogP contribution is -2.43. The zero-order valence-electron chi connectivity index (χ0n) is 28.5. The van der Waals surface area contributed by atoms with Crippen LogP contribution < -0.4 is 10.6 Å². The van der Waals surface area contributed by atoms with Crippen LogP contribution in [0.2, 0.25) is 0 Å². The van der Waals surface area contributed by atoms with Crippen LogP contribution in [0.15, 0.2) is 85.2 Å². The minimum Gasteiger partial charge on any atom is -0.325 e. The summed E-state index contributed by atoms with van der Waals surface area (Å²) in [6.07, 6.45) is 11.3. The molecule has 4 aromatic rings. The van der Waals surface area contributed by atoms with Crippen molar-refractivity contribution < 1.29 is 19.2 Å². The predicted octanol–water partition coefficient (Wildman–Crippen LogP) is 6.26. The summed E-state index contributed by atoms with van der Waals surface area (Å²) in [5, 5.41) is 5.95. The van der Waals surface area contributed by atoms with E-state index in [0.29, 0.717) is 61.5 Å². The lowest BCUT2D eigenvalue weighted by molar-refractivity contribution is -0.120. The van der Waals surface area contributed by atoms with E-state index < -0.39 is 12.1 Å². The second-order valence-electron chi connectivity index (χ2n) is 12.6. The Balaban J connectivity index is 1.02. The van der Waals surface area contributed by atoms with Gasteiger partial charge >= 0.3 is 0 Å². The zero-order chi connectivity index (χ0) is 35.0. The van der Waals surface area contributed by atoms with Gasteiger partial charge in [-0.25, -0.2) is 0 Å². The molecule has 2 atom stereocenters. The molecule has 2 N–H and O–H groups in total. The summed E-state index contributed by atoms with van der Waals surface area (Å²) in [7, 11) is 0. The first kappa shape index (κ1) is 34.2. The van der Waals surface area contributed by atoms with E-state index in [9.17, 15) is 19.2 Å². The summed E-state index contributed by atoms with van der Waals surface area (Å²) < 4.78 is 0. The highest BCUT2D eigenvalue weighted by Gasteiger charge is 2.37. The average molecular weight is 671 g/mol. The number of carbonyl (C=O) groups excluding carboxylic acids is 4. The Morgan fingerprint density at radius 1 is 0.640 bits per heavy atom. The molecule has 0 spiro atoms. The largest absolute Gasteiger partial charge is 0.325 e. The van der Waals surface area contributed by atoms with E-state index in [1.807, 2.05) is 98.8 Å². The van der Waals surface area contributed by atoms with Gasteiger partial charge in [0.25, 0.3) is 11.8 Å². The summed E-state index contributed by atoms with van der Waals surface area (Å²) in [5.41, 5.74) is 5.81. The minimum absolute atomic E-state index is 0.199. The maximum absolute atomic E-state index is 13.3. The summed E-state index contributed by atoms with van der Waals surface area (Å²) in [6, 6.07) is 21.4. The molecule has 2 aromatic heterocycles. The summed E-state index contributed by atoms with van der Waals surface area (Å²) in [6.45, 7) is 5.03. The molecule has 2 saturated heterocycles. The van der Waals surface area contributed by atoms with Crippen LogP contribution in [0.5, 0.6) is 0 Å². The zero-order valence-corrected chi connectivity index (χ0v) is 28.5. The highest BCUT2D eigenvalue weighted by Crippen LogP contribution is 2.25. The molecule has 10 heteroatoms. The number of benzene rings is 2. The lowest BCUT2D eigenvalue weighted by Gasteiger charge is -2.24. The van der Waals surface area contributed by atoms with Gasteiger partial charge in [0, 0.05) is 36.9 Å². The van der Waals surface area contributed by atoms with Gasteiger partial charge in [-0.05, 0) is 97.2 Å². The Hall–Kier alpha value is -5.64. The van der Waals surface area contributed by atoms with E-state index in [0.717, 1.165) is 35.1 Å². The number of aryl methyl sites for hydroxylation is 2. The molecule has 2 aromatic carbocycles. The number of pyridine rings is 2. The normalized spacial score (nSPS) is 17.2. The molecule has 10 nitrogen and oxygen atoms in total.